The van der Waals surface area contributed by atoms with Gasteiger partial charge in [0.05, 0.1) is 10.7 Å². The Hall–Kier alpha value is -1.48. The molecule has 0 fully saturated rings. The van der Waals surface area contributed by atoms with Crippen LogP contribution in [-0.2, 0) is 6.61 Å². The minimum Gasteiger partial charge on any atom is -0.486 e. The quantitative estimate of drug-likeness (QED) is 0.827. The standard InChI is InChI=1S/C13H15ClN2O/c1-10(2)16-8-7-11(15-16)9-17-13-6-4-3-5-12(13)14/h3-8,10H,9H2,1-2H3. The van der Waals surface area contributed by atoms with Crippen molar-refractivity contribution in [3.8, 4) is 5.75 Å². The first kappa shape index (κ1) is 12.0. The van der Waals surface area contributed by atoms with Crippen LogP contribution in [0.5, 0.6) is 5.75 Å². The monoisotopic (exact) mass is 250 g/mol. The average Bonchev–Trinajstić information content (AvgIpc) is 2.77. The number of halogens is 1. The van der Waals surface area contributed by atoms with Crippen LogP contribution < -0.4 is 4.74 Å². The van der Waals surface area contributed by atoms with E-state index in [9.17, 15) is 0 Å². The number of para-hydroxylation sites is 1. The van der Waals surface area contributed by atoms with Crippen LogP contribution in [0.4, 0.5) is 0 Å². The van der Waals surface area contributed by atoms with Gasteiger partial charge in [-0.05, 0) is 32.0 Å². The third-order valence-corrected chi connectivity index (χ3v) is 2.72. The van der Waals surface area contributed by atoms with Gasteiger partial charge in [-0.25, -0.2) is 0 Å². The maximum Gasteiger partial charge on any atom is 0.138 e. The van der Waals surface area contributed by atoms with Gasteiger partial charge in [0.15, 0.2) is 0 Å². The second-order valence-corrected chi connectivity index (χ2v) is 4.51. The van der Waals surface area contributed by atoms with Crippen LogP contribution in [0.1, 0.15) is 25.6 Å². The summed E-state index contributed by atoms with van der Waals surface area (Å²) in [5.41, 5.74) is 0.901. The molecule has 0 amide bonds. The molecule has 0 radical (unpaired) electrons. The Kier molecular flexibility index (Phi) is 3.69. The van der Waals surface area contributed by atoms with Gasteiger partial charge >= 0.3 is 0 Å². The molecule has 1 aromatic heterocycles. The molecule has 4 heteroatoms. The molecule has 0 N–H and O–H groups in total. The summed E-state index contributed by atoms with van der Waals surface area (Å²) in [6, 6.07) is 9.75. The lowest BCUT2D eigenvalue weighted by molar-refractivity contribution is 0.299. The van der Waals surface area contributed by atoms with Crippen LogP contribution in [0.2, 0.25) is 5.02 Å². The van der Waals surface area contributed by atoms with Gasteiger partial charge in [-0.1, -0.05) is 23.7 Å². The van der Waals surface area contributed by atoms with Crippen LogP contribution in [0.3, 0.4) is 0 Å². The first-order valence-corrected chi connectivity index (χ1v) is 5.96. The fourth-order valence-corrected chi connectivity index (χ4v) is 1.65. The van der Waals surface area contributed by atoms with Gasteiger partial charge in [0.25, 0.3) is 0 Å². The summed E-state index contributed by atoms with van der Waals surface area (Å²) in [4.78, 5) is 0. The highest BCUT2D eigenvalue weighted by molar-refractivity contribution is 6.32. The summed E-state index contributed by atoms with van der Waals surface area (Å²) >= 11 is 6.00. The minimum absolute atomic E-state index is 0.365. The number of rotatable bonds is 4. The molecule has 0 unspecified atom stereocenters. The molecule has 3 nitrogen and oxygen atoms in total. The first-order chi connectivity index (χ1) is 8.16. The van der Waals surface area contributed by atoms with Crippen molar-refractivity contribution < 1.29 is 4.74 Å². The van der Waals surface area contributed by atoms with E-state index in [0.29, 0.717) is 23.4 Å². The number of hydrogen-bond acceptors (Lipinski definition) is 2. The molecular weight excluding hydrogens is 236 g/mol. The lowest BCUT2D eigenvalue weighted by atomic mass is 10.3. The molecule has 0 bridgehead atoms. The first-order valence-electron chi connectivity index (χ1n) is 5.58. The van der Waals surface area contributed by atoms with Gasteiger partial charge in [0, 0.05) is 12.2 Å². The van der Waals surface area contributed by atoms with Crippen molar-refractivity contribution in [2.45, 2.75) is 26.5 Å². The van der Waals surface area contributed by atoms with E-state index in [1.807, 2.05) is 41.2 Å². The Balaban J connectivity index is 2.00. The normalized spacial score (nSPS) is 10.8. The van der Waals surface area contributed by atoms with E-state index in [-0.39, 0.29) is 0 Å². The average molecular weight is 251 g/mol. The second-order valence-electron chi connectivity index (χ2n) is 4.10. The third-order valence-electron chi connectivity index (χ3n) is 2.40. The molecule has 0 atom stereocenters. The lowest BCUT2D eigenvalue weighted by Gasteiger charge is -2.06. The second kappa shape index (κ2) is 5.23. The molecule has 0 aliphatic heterocycles. The molecule has 17 heavy (non-hydrogen) atoms. The smallest absolute Gasteiger partial charge is 0.138 e. The third kappa shape index (κ3) is 3.01. The predicted molar refractivity (Wildman–Crippen MR) is 68.4 cm³/mol. The van der Waals surface area contributed by atoms with Crippen molar-refractivity contribution in [3.63, 3.8) is 0 Å². The van der Waals surface area contributed by atoms with E-state index >= 15 is 0 Å². The molecule has 0 saturated heterocycles. The Morgan fingerprint density at radius 2 is 2.06 bits per heavy atom. The molecule has 90 valence electrons. The van der Waals surface area contributed by atoms with Gasteiger partial charge < -0.3 is 4.74 Å². The van der Waals surface area contributed by atoms with E-state index in [1.165, 1.54) is 0 Å². The molecule has 0 spiro atoms. The van der Waals surface area contributed by atoms with Gasteiger partial charge in [-0.15, -0.1) is 0 Å². The fourth-order valence-electron chi connectivity index (χ4n) is 1.46. The van der Waals surface area contributed by atoms with E-state index < -0.39 is 0 Å². The zero-order chi connectivity index (χ0) is 12.3. The van der Waals surface area contributed by atoms with Gasteiger partial charge in [-0.3, -0.25) is 4.68 Å². The van der Waals surface area contributed by atoms with Gasteiger partial charge in [0.2, 0.25) is 0 Å². The maximum absolute atomic E-state index is 6.00. The SMILES string of the molecule is CC(C)n1ccc(COc2ccccc2Cl)n1. The van der Waals surface area contributed by atoms with Crippen molar-refractivity contribution >= 4 is 11.6 Å². The Bertz CT molecular complexity index is 494. The Morgan fingerprint density at radius 1 is 1.29 bits per heavy atom. The highest BCUT2D eigenvalue weighted by Crippen LogP contribution is 2.23. The van der Waals surface area contributed by atoms with Crippen LogP contribution in [0.25, 0.3) is 0 Å². The van der Waals surface area contributed by atoms with E-state index in [0.717, 1.165) is 5.69 Å². The minimum atomic E-state index is 0.365. The molecule has 0 saturated carbocycles. The van der Waals surface area contributed by atoms with Gasteiger partial charge in [0.1, 0.15) is 12.4 Å². The lowest BCUT2D eigenvalue weighted by Crippen LogP contribution is -2.03. The Labute approximate surface area is 106 Å². The summed E-state index contributed by atoms with van der Waals surface area (Å²) < 4.78 is 7.52. The molecule has 1 aromatic carbocycles. The molecule has 1 heterocycles. The number of benzene rings is 1. The number of aromatic nitrogens is 2. The number of ether oxygens (including phenoxy) is 1. The zero-order valence-electron chi connectivity index (χ0n) is 9.93. The van der Waals surface area contributed by atoms with Crippen LogP contribution in [-0.4, -0.2) is 9.78 Å². The van der Waals surface area contributed by atoms with Crippen LogP contribution in [0.15, 0.2) is 36.5 Å². The number of nitrogens with zero attached hydrogens (tertiary/aromatic N) is 2. The maximum atomic E-state index is 6.00. The molecule has 0 aliphatic rings. The summed E-state index contributed by atoms with van der Waals surface area (Å²) in [5, 5.41) is 5.02. The molecule has 2 aromatic rings. The van der Waals surface area contributed by atoms with Crippen molar-refractivity contribution in [1.82, 2.24) is 9.78 Å². The Morgan fingerprint density at radius 3 is 2.71 bits per heavy atom. The van der Waals surface area contributed by atoms with Crippen molar-refractivity contribution in [2.75, 3.05) is 0 Å². The van der Waals surface area contributed by atoms with Crippen LogP contribution in [0, 0.1) is 0 Å². The van der Waals surface area contributed by atoms with Crippen molar-refractivity contribution in [3.05, 3.63) is 47.2 Å². The summed E-state index contributed by atoms with van der Waals surface area (Å²) in [7, 11) is 0. The summed E-state index contributed by atoms with van der Waals surface area (Å²) in [5.74, 6) is 0.688. The van der Waals surface area contributed by atoms with E-state index in [1.54, 1.807) is 0 Å². The highest BCUT2D eigenvalue weighted by atomic mass is 35.5. The molecule has 0 aliphatic carbocycles. The largest absolute Gasteiger partial charge is 0.486 e. The predicted octanol–water partition coefficient (Wildman–Crippen LogP) is 3.70. The van der Waals surface area contributed by atoms with E-state index in [2.05, 4.69) is 18.9 Å². The summed E-state index contributed by atoms with van der Waals surface area (Å²) in [6.07, 6.45) is 1.95. The molecular formula is C13H15ClN2O. The summed E-state index contributed by atoms with van der Waals surface area (Å²) in [6.45, 7) is 4.61. The van der Waals surface area contributed by atoms with Gasteiger partial charge in [-0.2, -0.15) is 5.10 Å². The zero-order valence-corrected chi connectivity index (χ0v) is 10.7. The highest BCUT2D eigenvalue weighted by Gasteiger charge is 2.04. The van der Waals surface area contributed by atoms with Crippen molar-refractivity contribution in [1.29, 1.82) is 0 Å². The number of hydrogen-bond donors (Lipinski definition) is 0. The molecule has 2 rings (SSSR count). The van der Waals surface area contributed by atoms with Crippen LogP contribution >= 0.6 is 11.6 Å². The van der Waals surface area contributed by atoms with Crippen molar-refractivity contribution in [2.24, 2.45) is 0 Å². The fraction of sp³-hybridized carbons (Fsp3) is 0.308. The van der Waals surface area contributed by atoms with E-state index in [4.69, 9.17) is 16.3 Å². The topological polar surface area (TPSA) is 27.1 Å².